The molecule has 0 spiro atoms. The number of para-hydroxylation sites is 1. The molecule has 1 atom stereocenters. The van der Waals surface area contributed by atoms with Crippen LogP contribution in [0, 0.1) is 0 Å². The largest absolute Gasteiger partial charge is 0.451 e. The maximum atomic E-state index is 12.3. The van der Waals surface area contributed by atoms with Gasteiger partial charge in [0.15, 0.2) is 5.76 Å². The Balaban J connectivity index is 0.00000289. The first-order chi connectivity index (χ1) is 15.0. The van der Waals surface area contributed by atoms with E-state index in [0.717, 1.165) is 37.3 Å². The molecular formula is C23H26Cl3N3O3. The predicted molar refractivity (Wildman–Crippen MR) is 132 cm³/mol. The highest BCUT2D eigenvalue weighted by Gasteiger charge is 2.21. The minimum atomic E-state index is -0.516. The van der Waals surface area contributed by atoms with Crippen molar-refractivity contribution in [2.45, 2.75) is 12.5 Å². The first-order valence-corrected chi connectivity index (χ1v) is 11.1. The molecule has 0 bridgehead atoms. The summed E-state index contributed by atoms with van der Waals surface area (Å²) in [5.74, 6) is 0.0157. The Bertz CT molecular complexity index is 1020. The molecule has 2 aromatic carbocycles. The van der Waals surface area contributed by atoms with Crippen molar-refractivity contribution in [3.8, 4) is 0 Å². The average molecular weight is 499 g/mol. The van der Waals surface area contributed by atoms with Gasteiger partial charge in [-0.05, 0) is 30.7 Å². The second-order valence-electron chi connectivity index (χ2n) is 7.71. The Morgan fingerprint density at radius 3 is 2.59 bits per heavy atom. The highest BCUT2D eigenvalue weighted by Crippen LogP contribution is 2.32. The zero-order chi connectivity index (χ0) is 21.8. The molecule has 1 fully saturated rings. The zero-order valence-electron chi connectivity index (χ0n) is 17.5. The molecule has 9 heteroatoms. The van der Waals surface area contributed by atoms with E-state index in [4.69, 9.17) is 27.6 Å². The number of furan rings is 1. The fourth-order valence-electron chi connectivity index (χ4n) is 3.83. The van der Waals surface area contributed by atoms with Crippen LogP contribution in [0.1, 0.15) is 17.0 Å². The molecule has 3 aromatic rings. The molecule has 1 aliphatic rings. The number of aliphatic hydroxyl groups excluding tert-OH is 1. The Labute approximate surface area is 203 Å². The van der Waals surface area contributed by atoms with Crippen LogP contribution < -0.4 is 10.2 Å². The number of amides is 1. The summed E-state index contributed by atoms with van der Waals surface area (Å²) in [5, 5.41) is 15.2. The normalized spacial score (nSPS) is 15.4. The lowest BCUT2D eigenvalue weighted by atomic mass is 10.2. The molecule has 172 valence electrons. The lowest BCUT2D eigenvalue weighted by Crippen LogP contribution is -2.49. The first kappa shape index (κ1) is 24.7. The lowest BCUT2D eigenvalue weighted by molar-refractivity contribution is 0.0883. The highest BCUT2D eigenvalue weighted by atomic mass is 35.5. The summed E-state index contributed by atoms with van der Waals surface area (Å²) in [6.45, 7) is 4.23. The number of aliphatic hydroxyl groups is 1. The number of piperazine rings is 1. The second kappa shape index (κ2) is 11.3. The van der Waals surface area contributed by atoms with E-state index in [9.17, 15) is 9.90 Å². The van der Waals surface area contributed by atoms with Crippen molar-refractivity contribution < 1.29 is 14.3 Å². The van der Waals surface area contributed by atoms with E-state index in [1.807, 2.05) is 36.4 Å². The van der Waals surface area contributed by atoms with Crippen molar-refractivity contribution in [3.05, 3.63) is 64.3 Å². The van der Waals surface area contributed by atoms with Gasteiger partial charge in [-0.1, -0.05) is 47.5 Å². The van der Waals surface area contributed by atoms with Crippen molar-refractivity contribution in [2.24, 2.45) is 0 Å². The third-order valence-corrected chi connectivity index (χ3v) is 6.33. The van der Waals surface area contributed by atoms with E-state index in [0.29, 0.717) is 35.1 Å². The van der Waals surface area contributed by atoms with E-state index in [-0.39, 0.29) is 24.1 Å². The summed E-state index contributed by atoms with van der Waals surface area (Å²) >= 11 is 12.5. The van der Waals surface area contributed by atoms with Crippen molar-refractivity contribution in [2.75, 3.05) is 44.2 Å². The summed E-state index contributed by atoms with van der Waals surface area (Å²) in [5.41, 5.74) is 1.63. The number of nitrogens with zero attached hydrogens (tertiary/aromatic N) is 2. The van der Waals surface area contributed by atoms with E-state index in [1.165, 1.54) is 0 Å². The monoisotopic (exact) mass is 497 g/mol. The highest BCUT2D eigenvalue weighted by molar-refractivity contribution is 6.43. The number of hydrogen-bond donors (Lipinski definition) is 2. The van der Waals surface area contributed by atoms with Crippen LogP contribution in [0.4, 0.5) is 5.69 Å². The van der Waals surface area contributed by atoms with Crippen LogP contribution in [0.3, 0.4) is 0 Å². The molecule has 0 saturated carbocycles. The number of benzene rings is 2. The molecule has 2 N–H and O–H groups in total. The van der Waals surface area contributed by atoms with Gasteiger partial charge in [-0.2, -0.15) is 0 Å². The third-order valence-electron chi connectivity index (χ3n) is 5.53. The number of halogens is 3. The molecule has 1 amide bonds. The van der Waals surface area contributed by atoms with Gasteiger partial charge in [0, 0.05) is 44.7 Å². The van der Waals surface area contributed by atoms with Crippen molar-refractivity contribution in [3.63, 3.8) is 0 Å². The molecule has 1 aromatic heterocycles. The summed E-state index contributed by atoms with van der Waals surface area (Å²) in [6, 6.07) is 14.9. The summed E-state index contributed by atoms with van der Waals surface area (Å²) in [6.07, 6.45) is -0.0379. The van der Waals surface area contributed by atoms with Crippen molar-refractivity contribution >= 4 is 58.2 Å². The summed E-state index contributed by atoms with van der Waals surface area (Å²) < 4.78 is 5.57. The molecule has 1 aliphatic heterocycles. The number of rotatable bonds is 7. The van der Waals surface area contributed by atoms with Gasteiger partial charge in [-0.3, -0.25) is 9.69 Å². The van der Waals surface area contributed by atoms with Crippen LogP contribution in [-0.2, 0) is 0 Å². The van der Waals surface area contributed by atoms with Gasteiger partial charge in [-0.25, -0.2) is 0 Å². The van der Waals surface area contributed by atoms with E-state index in [2.05, 4.69) is 15.1 Å². The van der Waals surface area contributed by atoms with Gasteiger partial charge in [0.25, 0.3) is 5.91 Å². The fourth-order valence-corrected chi connectivity index (χ4v) is 4.25. The SMILES string of the molecule is Cl.O=C(NCCC(O)CN1CCN(c2cccc(Cl)c2Cl)CC1)c1cc2ccccc2o1. The Kier molecular flexibility index (Phi) is 8.68. The Morgan fingerprint density at radius 2 is 1.84 bits per heavy atom. The van der Waals surface area contributed by atoms with Crippen molar-refractivity contribution in [1.82, 2.24) is 10.2 Å². The van der Waals surface area contributed by atoms with Crippen LogP contribution in [0.25, 0.3) is 11.0 Å². The third kappa shape index (κ3) is 5.88. The smallest absolute Gasteiger partial charge is 0.287 e. The average Bonchev–Trinajstić information content (AvgIpc) is 3.21. The van der Waals surface area contributed by atoms with Gasteiger partial charge < -0.3 is 19.7 Å². The van der Waals surface area contributed by atoms with Crippen LogP contribution in [0.5, 0.6) is 0 Å². The van der Waals surface area contributed by atoms with E-state index in [1.54, 1.807) is 12.1 Å². The molecule has 32 heavy (non-hydrogen) atoms. The maximum absolute atomic E-state index is 12.3. The van der Waals surface area contributed by atoms with Crippen LogP contribution in [-0.4, -0.2) is 61.3 Å². The van der Waals surface area contributed by atoms with Gasteiger partial charge in [0.2, 0.25) is 0 Å². The summed E-state index contributed by atoms with van der Waals surface area (Å²) in [4.78, 5) is 16.7. The number of carbonyl (C=O) groups is 1. The second-order valence-corrected chi connectivity index (χ2v) is 8.49. The van der Waals surface area contributed by atoms with Crippen LogP contribution in [0.2, 0.25) is 10.0 Å². The maximum Gasteiger partial charge on any atom is 0.287 e. The Hall–Kier alpha value is -1.96. The summed E-state index contributed by atoms with van der Waals surface area (Å²) in [7, 11) is 0. The number of fused-ring (bicyclic) bond motifs is 1. The fraction of sp³-hybridized carbons (Fsp3) is 0.348. The zero-order valence-corrected chi connectivity index (χ0v) is 19.8. The molecule has 4 rings (SSSR count). The van der Waals surface area contributed by atoms with Crippen LogP contribution in [0.15, 0.2) is 52.9 Å². The minimum Gasteiger partial charge on any atom is -0.451 e. The number of nitrogens with one attached hydrogen (secondary N) is 1. The number of β-amino-alcohol motifs (C(OH)–C–C–N with tert-alkyl or cyclic N) is 1. The Morgan fingerprint density at radius 1 is 1.09 bits per heavy atom. The quantitative estimate of drug-likeness (QED) is 0.503. The molecule has 2 heterocycles. The number of hydrogen-bond acceptors (Lipinski definition) is 5. The van der Waals surface area contributed by atoms with Gasteiger partial charge in [0.05, 0.1) is 21.8 Å². The number of anilines is 1. The van der Waals surface area contributed by atoms with Gasteiger partial charge in [0.1, 0.15) is 5.58 Å². The minimum absolute atomic E-state index is 0. The van der Waals surface area contributed by atoms with Gasteiger partial charge >= 0.3 is 0 Å². The molecular weight excluding hydrogens is 473 g/mol. The lowest BCUT2D eigenvalue weighted by Gasteiger charge is -2.37. The molecule has 6 nitrogen and oxygen atoms in total. The van der Waals surface area contributed by atoms with Crippen molar-refractivity contribution in [1.29, 1.82) is 0 Å². The first-order valence-electron chi connectivity index (χ1n) is 10.4. The van der Waals surface area contributed by atoms with E-state index >= 15 is 0 Å². The number of carbonyl (C=O) groups excluding carboxylic acids is 1. The molecule has 0 radical (unpaired) electrons. The molecule has 0 aliphatic carbocycles. The van der Waals surface area contributed by atoms with Crippen LogP contribution >= 0.6 is 35.6 Å². The predicted octanol–water partition coefficient (Wildman–Crippen LogP) is 4.46. The topological polar surface area (TPSA) is 69.0 Å². The standard InChI is InChI=1S/C23H25Cl2N3O3.ClH/c24-18-5-3-6-19(22(18)25)28-12-10-27(11-13-28)15-17(29)8-9-26-23(30)21-14-16-4-1-2-7-20(16)31-21;/h1-7,14,17,29H,8-13,15H2,(H,26,30);1H. The molecule has 1 saturated heterocycles. The molecule has 1 unspecified atom stereocenters. The van der Waals surface area contributed by atoms with E-state index < -0.39 is 6.10 Å². The van der Waals surface area contributed by atoms with Gasteiger partial charge in [-0.15, -0.1) is 12.4 Å².